The lowest BCUT2D eigenvalue weighted by Gasteiger charge is -2.25. The van der Waals surface area contributed by atoms with Gasteiger partial charge in [-0.1, -0.05) is 44.2 Å². The summed E-state index contributed by atoms with van der Waals surface area (Å²) in [5.41, 5.74) is 2.85. The lowest BCUT2D eigenvalue weighted by molar-refractivity contribution is 0.255. The van der Waals surface area contributed by atoms with E-state index in [0.717, 1.165) is 6.54 Å². The molecule has 0 saturated carbocycles. The third-order valence-corrected chi connectivity index (χ3v) is 5.11. The Balaban J connectivity index is 2.02. The Labute approximate surface area is 127 Å². The minimum Gasteiger partial charge on any atom is -0.295 e. The fourth-order valence-corrected chi connectivity index (χ4v) is 3.15. The van der Waals surface area contributed by atoms with Crippen LogP contribution in [0.4, 0.5) is 0 Å². The van der Waals surface area contributed by atoms with Crippen molar-refractivity contribution < 1.29 is 0 Å². The Morgan fingerprint density at radius 1 is 1.05 bits per heavy atom. The molecule has 2 rings (SSSR count). The molecule has 0 fully saturated rings. The summed E-state index contributed by atoms with van der Waals surface area (Å²) in [7, 11) is 2.20. The second kappa shape index (κ2) is 7.05. The van der Waals surface area contributed by atoms with Gasteiger partial charge in [0.05, 0.1) is 0 Å². The second-order valence-electron chi connectivity index (χ2n) is 5.65. The average molecular weight is 287 g/mol. The van der Waals surface area contributed by atoms with Crippen LogP contribution in [0, 0.1) is 0 Å². The maximum absolute atomic E-state index is 2.41. The predicted molar refractivity (Wildman–Crippen MR) is 89.3 cm³/mol. The van der Waals surface area contributed by atoms with Gasteiger partial charge in [0.15, 0.2) is 0 Å². The molecular weight excluding hydrogens is 262 g/mol. The summed E-state index contributed by atoms with van der Waals surface area (Å²) in [6.07, 6.45) is 1.20. The zero-order chi connectivity index (χ0) is 14.5. The van der Waals surface area contributed by atoms with Crippen molar-refractivity contribution in [3.63, 3.8) is 0 Å². The lowest BCUT2D eigenvalue weighted by Crippen LogP contribution is -2.21. The Hall–Kier alpha value is -1.12. The minimum absolute atomic E-state index is 0.447. The van der Waals surface area contributed by atoms with Crippen LogP contribution in [0.3, 0.4) is 0 Å². The van der Waals surface area contributed by atoms with Crippen molar-refractivity contribution in [1.29, 1.82) is 0 Å². The SMILES string of the molecule is CCC(C)c1ccc(C(C)N(C)Cc2cccs2)cc1. The zero-order valence-corrected chi connectivity index (χ0v) is 13.8. The highest BCUT2D eigenvalue weighted by molar-refractivity contribution is 7.09. The topological polar surface area (TPSA) is 3.24 Å². The molecule has 1 aromatic carbocycles. The van der Waals surface area contributed by atoms with Gasteiger partial charge in [0.25, 0.3) is 0 Å². The number of rotatable bonds is 6. The van der Waals surface area contributed by atoms with Crippen LogP contribution in [0.15, 0.2) is 41.8 Å². The molecule has 1 aromatic heterocycles. The monoisotopic (exact) mass is 287 g/mol. The van der Waals surface area contributed by atoms with Gasteiger partial charge in [-0.25, -0.2) is 0 Å². The molecule has 2 heteroatoms. The van der Waals surface area contributed by atoms with E-state index in [-0.39, 0.29) is 0 Å². The lowest BCUT2D eigenvalue weighted by atomic mass is 9.96. The first-order valence-electron chi connectivity index (χ1n) is 7.44. The number of hydrogen-bond donors (Lipinski definition) is 0. The Kier molecular flexibility index (Phi) is 5.38. The van der Waals surface area contributed by atoms with Crippen LogP contribution in [-0.4, -0.2) is 11.9 Å². The molecule has 20 heavy (non-hydrogen) atoms. The number of nitrogens with zero attached hydrogens (tertiary/aromatic N) is 1. The van der Waals surface area contributed by atoms with Gasteiger partial charge in [-0.05, 0) is 48.9 Å². The summed E-state index contributed by atoms with van der Waals surface area (Å²) in [5.74, 6) is 0.656. The standard InChI is InChI=1S/C18H25NS/c1-5-14(2)16-8-10-17(11-9-16)15(3)19(4)13-18-7-6-12-20-18/h6-12,14-15H,5,13H2,1-4H3. The second-order valence-corrected chi connectivity index (χ2v) is 6.68. The van der Waals surface area contributed by atoms with Crippen LogP contribution < -0.4 is 0 Å². The third-order valence-electron chi connectivity index (χ3n) is 4.25. The Morgan fingerprint density at radius 3 is 2.25 bits per heavy atom. The van der Waals surface area contributed by atoms with Crippen molar-refractivity contribution in [2.45, 2.75) is 45.7 Å². The number of benzene rings is 1. The quantitative estimate of drug-likeness (QED) is 0.682. The Bertz CT molecular complexity index is 501. The summed E-state index contributed by atoms with van der Waals surface area (Å²) >= 11 is 1.83. The van der Waals surface area contributed by atoms with E-state index < -0.39 is 0 Å². The van der Waals surface area contributed by atoms with Gasteiger partial charge < -0.3 is 0 Å². The van der Waals surface area contributed by atoms with E-state index in [1.54, 1.807) is 0 Å². The largest absolute Gasteiger partial charge is 0.295 e. The van der Waals surface area contributed by atoms with E-state index in [1.165, 1.54) is 22.4 Å². The average Bonchev–Trinajstić information content (AvgIpc) is 2.98. The Morgan fingerprint density at radius 2 is 1.70 bits per heavy atom. The smallest absolute Gasteiger partial charge is 0.0330 e. The summed E-state index contributed by atoms with van der Waals surface area (Å²) in [5, 5.41) is 2.15. The van der Waals surface area contributed by atoms with E-state index in [4.69, 9.17) is 0 Å². The molecule has 0 radical (unpaired) electrons. The summed E-state index contributed by atoms with van der Waals surface area (Å²) in [4.78, 5) is 3.83. The highest BCUT2D eigenvalue weighted by Gasteiger charge is 2.13. The molecular formula is C18H25NS. The van der Waals surface area contributed by atoms with Gasteiger partial charge in [0.1, 0.15) is 0 Å². The third kappa shape index (κ3) is 3.71. The molecule has 0 spiro atoms. The van der Waals surface area contributed by atoms with Crippen LogP contribution >= 0.6 is 11.3 Å². The molecule has 1 heterocycles. The van der Waals surface area contributed by atoms with Crippen LogP contribution in [-0.2, 0) is 6.54 Å². The molecule has 0 aliphatic carbocycles. The van der Waals surface area contributed by atoms with E-state index in [9.17, 15) is 0 Å². The first-order chi connectivity index (χ1) is 9.61. The van der Waals surface area contributed by atoms with Crippen molar-refractivity contribution in [3.05, 3.63) is 57.8 Å². The molecule has 0 bridgehead atoms. The van der Waals surface area contributed by atoms with E-state index in [2.05, 4.69) is 74.5 Å². The molecule has 0 amide bonds. The molecule has 0 saturated heterocycles. The first kappa shape index (κ1) is 15.3. The van der Waals surface area contributed by atoms with Crippen LogP contribution in [0.2, 0.25) is 0 Å². The van der Waals surface area contributed by atoms with Crippen molar-refractivity contribution in [3.8, 4) is 0 Å². The minimum atomic E-state index is 0.447. The summed E-state index contributed by atoms with van der Waals surface area (Å²) in [6.45, 7) is 7.84. The molecule has 0 aliphatic heterocycles. The summed E-state index contributed by atoms with van der Waals surface area (Å²) in [6, 6.07) is 13.9. The molecule has 2 aromatic rings. The molecule has 1 nitrogen and oxygen atoms in total. The molecule has 2 unspecified atom stereocenters. The molecule has 108 valence electrons. The molecule has 0 N–H and O–H groups in total. The van der Waals surface area contributed by atoms with Crippen LogP contribution in [0.5, 0.6) is 0 Å². The van der Waals surface area contributed by atoms with E-state index in [0.29, 0.717) is 12.0 Å². The maximum Gasteiger partial charge on any atom is 0.0330 e. The summed E-state index contributed by atoms with van der Waals surface area (Å²) < 4.78 is 0. The van der Waals surface area contributed by atoms with Crippen LogP contribution in [0.25, 0.3) is 0 Å². The van der Waals surface area contributed by atoms with Crippen molar-refractivity contribution in [2.24, 2.45) is 0 Å². The molecule has 2 atom stereocenters. The van der Waals surface area contributed by atoms with Crippen LogP contribution in [0.1, 0.15) is 55.2 Å². The number of thiophene rings is 1. The highest BCUT2D eigenvalue weighted by Crippen LogP contribution is 2.25. The van der Waals surface area contributed by atoms with Crippen molar-refractivity contribution >= 4 is 11.3 Å². The van der Waals surface area contributed by atoms with Crippen molar-refractivity contribution in [1.82, 2.24) is 4.90 Å². The van der Waals surface area contributed by atoms with Gasteiger partial charge in [-0.2, -0.15) is 0 Å². The van der Waals surface area contributed by atoms with E-state index in [1.807, 2.05) is 11.3 Å². The van der Waals surface area contributed by atoms with Crippen molar-refractivity contribution in [2.75, 3.05) is 7.05 Å². The zero-order valence-electron chi connectivity index (χ0n) is 13.0. The fraction of sp³-hybridized carbons (Fsp3) is 0.444. The highest BCUT2D eigenvalue weighted by atomic mass is 32.1. The predicted octanol–water partition coefficient (Wildman–Crippen LogP) is 5.45. The van der Waals surface area contributed by atoms with Gasteiger partial charge in [0.2, 0.25) is 0 Å². The van der Waals surface area contributed by atoms with Gasteiger partial charge in [-0.3, -0.25) is 4.90 Å². The normalized spacial score (nSPS) is 14.4. The van der Waals surface area contributed by atoms with Gasteiger partial charge in [0, 0.05) is 17.5 Å². The molecule has 0 aliphatic rings. The van der Waals surface area contributed by atoms with E-state index >= 15 is 0 Å². The van der Waals surface area contributed by atoms with Gasteiger partial charge >= 0.3 is 0 Å². The maximum atomic E-state index is 2.41. The number of hydrogen-bond acceptors (Lipinski definition) is 2. The first-order valence-corrected chi connectivity index (χ1v) is 8.32. The fourth-order valence-electron chi connectivity index (χ4n) is 2.38. The van der Waals surface area contributed by atoms with Gasteiger partial charge in [-0.15, -0.1) is 11.3 Å².